The first kappa shape index (κ1) is 6.86. The Bertz CT molecular complexity index is 240. The highest BCUT2D eigenvalue weighted by atomic mass is 16.3. The number of Topliss-reactive ketones (excluding diaryl/α,β-unsaturated/α-hetero) is 1. The summed E-state index contributed by atoms with van der Waals surface area (Å²) >= 11 is 0. The molecular weight excluding hydrogens is 130 g/mol. The third kappa shape index (κ3) is 1.18. The summed E-state index contributed by atoms with van der Waals surface area (Å²) in [5.41, 5.74) is 0.824. The van der Waals surface area contributed by atoms with Gasteiger partial charge in [-0.05, 0) is 0 Å². The minimum Gasteiger partial charge on any atom is -0.459 e. The largest absolute Gasteiger partial charge is 0.459 e. The maximum Gasteiger partial charge on any atom is 0.194 e. The average molecular weight is 139 g/mol. The molecule has 1 rings (SSSR count). The fourth-order valence-electron chi connectivity index (χ4n) is 0.652. The molecule has 0 spiro atoms. The van der Waals surface area contributed by atoms with Crippen LogP contribution in [0.5, 0.6) is 0 Å². The van der Waals surface area contributed by atoms with E-state index in [1.807, 2.05) is 0 Å². The molecule has 1 aromatic rings. The van der Waals surface area contributed by atoms with Crippen LogP contribution in [0.2, 0.25) is 0 Å². The van der Waals surface area contributed by atoms with Crippen molar-refractivity contribution in [3.8, 4) is 0 Å². The molecule has 54 valence electrons. The number of ketones is 1. The number of anilines is 1. The van der Waals surface area contributed by atoms with Gasteiger partial charge >= 0.3 is 0 Å². The number of carbonyl (C=O) groups is 1. The molecule has 0 aliphatic heterocycles. The van der Waals surface area contributed by atoms with Gasteiger partial charge in [0.2, 0.25) is 0 Å². The number of furan rings is 1. The second-order valence-corrected chi connectivity index (χ2v) is 2.01. The molecule has 0 aliphatic carbocycles. The van der Waals surface area contributed by atoms with E-state index < -0.39 is 0 Å². The van der Waals surface area contributed by atoms with Crippen LogP contribution in [0.4, 0.5) is 5.69 Å². The van der Waals surface area contributed by atoms with Crippen LogP contribution in [-0.2, 0) is 0 Å². The second kappa shape index (κ2) is 2.56. The maximum atomic E-state index is 10.7. The van der Waals surface area contributed by atoms with Crippen LogP contribution in [0.25, 0.3) is 0 Å². The number of hydrogen-bond donors (Lipinski definition) is 1. The Balaban J connectivity index is 2.88. The quantitative estimate of drug-likeness (QED) is 0.631. The van der Waals surface area contributed by atoms with Crippen LogP contribution >= 0.6 is 0 Å². The topological polar surface area (TPSA) is 42.2 Å². The average Bonchev–Trinajstić information content (AvgIpc) is 2.34. The van der Waals surface area contributed by atoms with Crippen molar-refractivity contribution in [3.05, 3.63) is 18.1 Å². The van der Waals surface area contributed by atoms with E-state index in [4.69, 9.17) is 4.42 Å². The van der Waals surface area contributed by atoms with Gasteiger partial charge in [-0.2, -0.15) is 0 Å². The van der Waals surface area contributed by atoms with Crippen LogP contribution in [0.15, 0.2) is 16.7 Å². The van der Waals surface area contributed by atoms with Crippen molar-refractivity contribution in [2.45, 2.75) is 6.92 Å². The van der Waals surface area contributed by atoms with E-state index in [9.17, 15) is 4.79 Å². The van der Waals surface area contributed by atoms with Crippen molar-refractivity contribution >= 4 is 11.5 Å². The van der Waals surface area contributed by atoms with Gasteiger partial charge in [0.1, 0.15) is 6.26 Å². The highest BCUT2D eigenvalue weighted by Crippen LogP contribution is 2.11. The molecule has 10 heavy (non-hydrogen) atoms. The normalized spacial score (nSPS) is 9.40. The van der Waals surface area contributed by atoms with Crippen molar-refractivity contribution in [1.29, 1.82) is 0 Å². The minimum atomic E-state index is -0.0542. The van der Waals surface area contributed by atoms with E-state index in [2.05, 4.69) is 5.32 Å². The summed E-state index contributed by atoms with van der Waals surface area (Å²) in [4.78, 5) is 10.7. The first-order chi connectivity index (χ1) is 4.74. The first-order valence-electron chi connectivity index (χ1n) is 3.01. The Hall–Kier alpha value is -1.25. The Kier molecular flexibility index (Phi) is 1.76. The summed E-state index contributed by atoms with van der Waals surface area (Å²) in [6.45, 7) is 1.47. The van der Waals surface area contributed by atoms with Gasteiger partial charge in [-0.15, -0.1) is 0 Å². The predicted octanol–water partition coefficient (Wildman–Crippen LogP) is 1.52. The summed E-state index contributed by atoms with van der Waals surface area (Å²) < 4.78 is 4.90. The van der Waals surface area contributed by atoms with Crippen molar-refractivity contribution in [3.63, 3.8) is 0 Å². The predicted molar refractivity (Wildman–Crippen MR) is 38.3 cm³/mol. The molecular formula is C7H9NO2. The number of nitrogens with one attached hydrogen (secondary N) is 1. The molecule has 1 aromatic heterocycles. The van der Waals surface area contributed by atoms with Gasteiger partial charge < -0.3 is 9.73 Å². The molecule has 0 saturated carbocycles. The molecule has 1 N–H and O–H groups in total. The zero-order valence-corrected chi connectivity index (χ0v) is 5.97. The summed E-state index contributed by atoms with van der Waals surface area (Å²) in [7, 11) is 1.77. The Morgan fingerprint density at radius 1 is 1.70 bits per heavy atom. The van der Waals surface area contributed by atoms with Gasteiger partial charge in [0.05, 0.1) is 5.69 Å². The van der Waals surface area contributed by atoms with Crippen LogP contribution in [0, 0.1) is 0 Å². The first-order valence-corrected chi connectivity index (χ1v) is 3.01. The van der Waals surface area contributed by atoms with Crippen LogP contribution in [0.1, 0.15) is 17.5 Å². The Labute approximate surface area is 59.0 Å². The Morgan fingerprint density at radius 2 is 2.40 bits per heavy atom. The van der Waals surface area contributed by atoms with E-state index >= 15 is 0 Å². The lowest BCUT2D eigenvalue weighted by Gasteiger charge is -1.85. The molecule has 0 amide bonds. The van der Waals surface area contributed by atoms with E-state index in [0.29, 0.717) is 5.76 Å². The van der Waals surface area contributed by atoms with E-state index in [1.165, 1.54) is 13.2 Å². The lowest BCUT2D eigenvalue weighted by atomic mass is 10.3. The lowest BCUT2D eigenvalue weighted by Crippen LogP contribution is -1.87. The molecule has 0 fully saturated rings. The van der Waals surface area contributed by atoms with Gasteiger partial charge in [0.15, 0.2) is 11.5 Å². The fourth-order valence-corrected chi connectivity index (χ4v) is 0.652. The summed E-state index contributed by atoms with van der Waals surface area (Å²) in [5, 5.41) is 2.86. The summed E-state index contributed by atoms with van der Waals surface area (Å²) in [5.74, 6) is 0.339. The smallest absolute Gasteiger partial charge is 0.194 e. The molecule has 0 atom stereocenters. The molecule has 0 aromatic carbocycles. The van der Waals surface area contributed by atoms with Gasteiger partial charge in [0, 0.05) is 20.0 Å². The monoisotopic (exact) mass is 139 g/mol. The molecule has 3 nitrogen and oxygen atoms in total. The highest BCUT2D eigenvalue weighted by molar-refractivity contribution is 5.92. The van der Waals surface area contributed by atoms with Crippen LogP contribution in [0.3, 0.4) is 0 Å². The third-order valence-electron chi connectivity index (χ3n) is 1.24. The van der Waals surface area contributed by atoms with E-state index in [1.54, 1.807) is 13.1 Å². The molecule has 0 bridgehead atoms. The molecule has 0 aliphatic rings. The maximum absolute atomic E-state index is 10.7. The number of rotatable bonds is 2. The molecule has 0 radical (unpaired) electrons. The lowest BCUT2D eigenvalue weighted by molar-refractivity contribution is 0.0987. The molecule has 3 heteroatoms. The van der Waals surface area contributed by atoms with Crippen molar-refractivity contribution in [2.24, 2.45) is 0 Å². The molecule has 0 saturated heterocycles. The standard InChI is InChI=1S/C7H9NO2/c1-5(9)7-3-6(8-2)4-10-7/h3-4,8H,1-2H3. The van der Waals surface area contributed by atoms with E-state index in [0.717, 1.165) is 5.69 Å². The number of carbonyl (C=O) groups excluding carboxylic acids is 1. The fraction of sp³-hybridized carbons (Fsp3) is 0.286. The van der Waals surface area contributed by atoms with Crippen LogP contribution in [-0.4, -0.2) is 12.8 Å². The van der Waals surface area contributed by atoms with Gasteiger partial charge in [0.25, 0.3) is 0 Å². The summed E-state index contributed by atoms with van der Waals surface area (Å²) in [6.07, 6.45) is 1.51. The zero-order chi connectivity index (χ0) is 7.56. The molecule has 1 heterocycles. The number of hydrogen-bond acceptors (Lipinski definition) is 3. The Morgan fingerprint density at radius 3 is 2.70 bits per heavy atom. The van der Waals surface area contributed by atoms with Crippen molar-refractivity contribution < 1.29 is 9.21 Å². The van der Waals surface area contributed by atoms with Gasteiger partial charge in [-0.1, -0.05) is 0 Å². The van der Waals surface area contributed by atoms with Crippen molar-refractivity contribution in [1.82, 2.24) is 0 Å². The zero-order valence-electron chi connectivity index (χ0n) is 5.97. The van der Waals surface area contributed by atoms with E-state index in [-0.39, 0.29) is 5.78 Å². The highest BCUT2D eigenvalue weighted by Gasteiger charge is 2.03. The SMILES string of the molecule is CNc1coc(C(C)=O)c1. The van der Waals surface area contributed by atoms with Crippen LogP contribution < -0.4 is 5.32 Å². The van der Waals surface area contributed by atoms with Gasteiger partial charge in [-0.3, -0.25) is 4.79 Å². The van der Waals surface area contributed by atoms with Crippen molar-refractivity contribution in [2.75, 3.05) is 12.4 Å². The summed E-state index contributed by atoms with van der Waals surface area (Å²) in [6, 6.07) is 1.67. The van der Waals surface area contributed by atoms with Gasteiger partial charge in [-0.25, -0.2) is 0 Å². The second-order valence-electron chi connectivity index (χ2n) is 2.01. The third-order valence-corrected chi connectivity index (χ3v) is 1.24. The molecule has 0 unspecified atom stereocenters. The minimum absolute atomic E-state index is 0.0542.